The summed E-state index contributed by atoms with van der Waals surface area (Å²) in [5.41, 5.74) is 2.61. The van der Waals surface area contributed by atoms with E-state index in [2.05, 4.69) is 10.3 Å². The Morgan fingerprint density at radius 1 is 1.23 bits per heavy atom. The molecular formula is C16H19N3O2S. The number of thiazole rings is 1. The maximum absolute atomic E-state index is 12.1. The Balaban J connectivity index is 1.85. The molecule has 2 rings (SSSR count). The molecule has 2 amide bonds. The Morgan fingerprint density at radius 3 is 2.50 bits per heavy atom. The lowest BCUT2D eigenvalue weighted by Crippen LogP contribution is -2.35. The zero-order chi connectivity index (χ0) is 16.1. The van der Waals surface area contributed by atoms with E-state index in [9.17, 15) is 9.59 Å². The minimum atomic E-state index is -0.214. The van der Waals surface area contributed by atoms with Crippen LogP contribution in [0.2, 0.25) is 0 Å². The van der Waals surface area contributed by atoms with Crippen LogP contribution >= 0.6 is 11.3 Å². The van der Waals surface area contributed by atoms with Gasteiger partial charge in [-0.1, -0.05) is 17.7 Å². The largest absolute Gasteiger partial charge is 0.336 e. The molecule has 0 radical (unpaired) electrons. The monoisotopic (exact) mass is 317 g/mol. The minimum Gasteiger partial charge on any atom is -0.336 e. The molecule has 0 aliphatic heterocycles. The van der Waals surface area contributed by atoms with Gasteiger partial charge in [0, 0.05) is 18.1 Å². The van der Waals surface area contributed by atoms with Crippen LogP contribution in [-0.2, 0) is 16.0 Å². The second kappa shape index (κ2) is 7.17. The molecule has 22 heavy (non-hydrogen) atoms. The number of benzene rings is 1. The van der Waals surface area contributed by atoms with Crippen molar-refractivity contribution in [1.82, 2.24) is 9.88 Å². The van der Waals surface area contributed by atoms with Crippen molar-refractivity contribution < 1.29 is 9.59 Å². The van der Waals surface area contributed by atoms with Crippen molar-refractivity contribution in [2.45, 2.75) is 20.3 Å². The Bertz CT molecular complexity index is 664. The number of amides is 2. The van der Waals surface area contributed by atoms with Crippen LogP contribution < -0.4 is 5.32 Å². The van der Waals surface area contributed by atoms with E-state index in [-0.39, 0.29) is 24.8 Å². The van der Waals surface area contributed by atoms with Crippen molar-refractivity contribution in [3.05, 3.63) is 45.9 Å². The third-order valence-corrected chi connectivity index (χ3v) is 3.96. The molecule has 0 aliphatic rings. The molecule has 6 heteroatoms. The predicted octanol–water partition coefficient (Wildman–Crippen LogP) is 2.40. The Morgan fingerprint density at radius 2 is 1.91 bits per heavy atom. The van der Waals surface area contributed by atoms with Crippen molar-refractivity contribution >= 4 is 28.8 Å². The van der Waals surface area contributed by atoms with Gasteiger partial charge in [-0.25, -0.2) is 4.98 Å². The summed E-state index contributed by atoms with van der Waals surface area (Å²) in [7, 11) is 1.62. The van der Waals surface area contributed by atoms with E-state index in [0.717, 1.165) is 22.0 Å². The SMILES string of the molecule is Cc1ccc(NC(=O)CN(C)C(=O)Cc2csc(C)n2)cc1. The van der Waals surface area contributed by atoms with Crippen LogP contribution in [0.3, 0.4) is 0 Å². The van der Waals surface area contributed by atoms with E-state index in [4.69, 9.17) is 0 Å². The van der Waals surface area contributed by atoms with Crippen molar-refractivity contribution in [1.29, 1.82) is 0 Å². The summed E-state index contributed by atoms with van der Waals surface area (Å²) in [4.78, 5) is 29.7. The van der Waals surface area contributed by atoms with E-state index in [1.165, 1.54) is 16.2 Å². The second-order valence-corrected chi connectivity index (χ2v) is 6.26. The summed E-state index contributed by atoms with van der Waals surface area (Å²) >= 11 is 1.51. The molecule has 0 saturated carbocycles. The van der Waals surface area contributed by atoms with Gasteiger partial charge in [0.15, 0.2) is 0 Å². The maximum atomic E-state index is 12.1. The number of carbonyl (C=O) groups is 2. The molecule has 0 spiro atoms. The Labute approximate surface area is 134 Å². The molecular weight excluding hydrogens is 298 g/mol. The molecule has 1 N–H and O–H groups in total. The third kappa shape index (κ3) is 4.66. The summed E-state index contributed by atoms with van der Waals surface area (Å²) < 4.78 is 0. The van der Waals surface area contributed by atoms with E-state index in [1.807, 2.05) is 43.5 Å². The average molecular weight is 317 g/mol. The number of hydrogen-bond acceptors (Lipinski definition) is 4. The molecule has 0 saturated heterocycles. The number of aromatic nitrogens is 1. The molecule has 5 nitrogen and oxygen atoms in total. The van der Waals surface area contributed by atoms with Crippen LogP contribution in [0.25, 0.3) is 0 Å². The summed E-state index contributed by atoms with van der Waals surface area (Å²) in [6, 6.07) is 7.53. The van der Waals surface area contributed by atoms with Gasteiger partial charge >= 0.3 is 0 Å². The number of nitrogens with zero attached hydrogens (tertiary/aromatic N) is 2. The summed E-state index contributed by atoms with van der Waals surface area (Å²) in [6.07, 6.45) is 0.221. The van der Waals surface area contributed by atoms with Gasteiger partial charge in [-0.15, -0.1) is 11.3 Å². The van der Waals surface area contributed by atoms with Crippen LogP contribution in [-0.4, -0.2) is 35.3 Å². The fraction of sp³-hybridized carbons (Fsp3) is 0.312. The lowest BCUT2D eigenvalue weighted by Gasteiger charge is -2.16. The standard InChI is InChI=1S/C16H19N3O2S/c1-11-4-6-13(7-5-11)18-15(20)9-19(3)16(21)8-14-10-22-12(2)17-14/h4-7,10H,8-9H2,1-3H3,(H,18,20). The highest BCUT2D eigenvalue weighted by Crippen LogP contribution is 2.10. The summed E-state index contributed by atoms with van der Waals surface area (Å²) in [6.45, 7) is 3.91. The third-order valence-electron chi connectivity index (χ3n) is 3.14. The summed E-state index contributed by atoms with van der Waals surface area (Å²) in [5, 5.41) is 5.58. The number of carbonyl (C=O) groups excluding carboxylic acids is 2. The summed E-state index contributed by atoms with van der Waals surface area (Å²) in [5.74, 6) is -0.335. The van der Waals surface area contributed by atoms with Gasteiger partial charge in [-0.2, -0.15) is 0 Å². The zero-order valence-electron chi connectivity index (χ0n) is 12.9. The van der Waals surface area contributed by atoms with E-state index < -0.39 is 0 Å². The second-order valence-electron chi connectivity index (χ2n) is 5.20. The zero-order valence-corrected chi connectivity index (χ0v) is 13.7. The van der Waals surface area contributed by atoms with E-state index in [0.29, 0.717) is 0 Å². The molecule has 2 aromatic rings. The molecule has 116 valence electrons. The van der Waals surface area contributed by atoms with Crippen LogP contribution in [0.4, 0.5) is 5.69 Å². The van der Waals surface area contributed by atoms with Crippen molar-refractivity contribution in [3.63, 3.8) is 0 Å². The highest BCUT2D eigenvalue weighted by atomic mass is 32.1. The lowest BCUT2D eigenvalue weighted by atomic mass is 10.2. The van der Waals surface area contributed by atoms with E-state index in [1.54, 1.807) is 7.05 Å². The van der Waals surface area contributed by atoms with Gasteiger partial charge in [-0.3, -0.25) is 9.59 Å². The number of hydrogen-bond donors (Lipinski definition) is 1. The molecule has 0 aliphatic carbocycles. The van der Waals surface area contributed by atoms with Gasteiger partial charge in [0.2, 0.25) is 11.8 Å². The van der Waals surface area contributed by atoms with E-state index >= 15 is 0 Å². The molecule has 0 fully saturated rings. The predicted molar refractivity (Wildman–Crippen MR) is 88.0 cm³/mol. The first-order valence-electron chi connectivity index (χ1n) is 6.95. The number of rotatable bonds is 5. The van der Waals surface area contributed by atoms with Crippen LogP contribution in [0.1, 0.15) is 16.3 Å². The van der Waals surface area contributed by atoms with Crippen molar-refractivity contribution in [2.24, 2.45) is 0 Å². The first-order chi connectivity index (χ1) is 10.4. The van der Waals surface area contributed by atoms with Gasteiger partial charge < -0.3 is 10.2 Å². The lowest BCUT2D eigenvalue weighted by molar-refractivity contribution is -0.132. The van der Waals surface area contributed by atoms with Gasteiger partial charge in [0.05, 0.1) is 23.7 Å². The minimum absolute atomic E-state index is 0.0236. The number of likely N-dealkylation sites (N-methyl/N-ethyl adjacent to an activating group) is 1. The fourth-order valence-corrected chi connectivity index (χ4v) is 2.53. The average Bonchev–Trinajstić information content (AvgIpc) is 2.86. The fourth-order valence-electron chi connectivity index (χ4n) is 1.92. The van der Waals surface area contributed by atoms with Crippen molar-refractivity contribution in [2.75, 3.05) is 18.9 Å². The smallest absolute Gasteiger partial charge is 0.243 e. The first-order valence-corrected chi connectivity index (χ1v) is 7.83. The molecule has 0 unspecified atom stereocenters. The first kappa shape index (κ1) is 16.2. The molecule has 1 heterocycles. The van der Waals surface area contributed by atoms with Crippen LogP contribution in [0.15, 0.2) is 29.6 Å². The highest BCUT2D eigenvalue weighted by Gasteiger charge is 2.14. The highest BCUT2D eigenvalue weighted by molar-refractivity contribution is 7.09. The number of anilines is 1. The van der Waals surface area contributed by atoms with Gasteiger partial charge in [0.25, 0.3) is 0 Å². The van der Waals surface area contributed by atoms with Gasteiger partial charge in [0.1, 0.15) is 0 Å². The topological polar surface area (TPSA) is 62.3 Å². The molecule has 1 aromatic heterocycles. The molecule has 1 aromatic carbocycles. The van der Waals surface area contributed by atoms with Crippen LogP contribution in [0, 0.1) is 13.8 Å². The Kier molecular flexibility index (Phi) is 5.27. The quantitative estimate of drug-likeness (QED) is 0.921. The molecule has 0 bridgehead atoms. The number of nitrogens with one attached hydrogen (secondary N) is 1. The van der Waals surface area contributed by atoms with Gasteiger partial charge in [-0.05, 0) is 26.0 Å². The number of aryl methyl sites for hydroxylation is 2. The van der Waals surface area contributed by atoms with Crippen LogP contribution in [0.5, 0.6) is 0 Å². The Hall–Kier alpha value is -2.21. The van der Waals surface area contributed by atoms with Crippen molar-refractivity contribution in [3.8, 4) is 0 Å². The normalized spacial score (nSPS) is 10.3. The molecule has 0 atom stereocenters. The maximum Gasteiger partial charge on any atom is 0.243 e.